The molecule has 0 aliphatic carbocycles. The van der Waals surface area contributed by atoms with Crippen LogP contribution in [0, 0.1) is 0 Å². The van der Waals surface area contributed by atoms with Crippen LogP contribution in [0.4, 0.5) is 34.1 Å². The largest absolute Gasteiger partial charge is 0.326 e. The summed E-state index contributed by atoms with van der Waals surface area (Å²) < 4.78 is 0. The van der Waals surface area contributed by atoms with Crippen molar-refractivity contribution in [3.05, 3.63) is 72.8 Å². The first kappa shape index (κ1) is 21.6. The second-order valence-corrected chi connectivity index (χ2v) is 7.02. The zero-order valence-electron chi connectivity index (χ0n) is 17.6. The molecule has 0 radical (unpaired) electrons. The molecule has 3 N–H and O–H groups in total. The lowest BCUT2D eigenvalue weighted by atomic mass is 10.1. The molecule has 31 heavy (non-hydrogen) atoms. The van der Waals surface area contributed by atoms with Gasteiger partial charge in [0.2, 0.25) is 17.7 Å². The average Bonchev–Trinajstić information content (AvgIpc) is 2.71. The number of benzene rings is 3. The minimum absolute atomic E-state index is 0.133. The van der Waals surface area contributed by atoms with E-state index in [4.69, 9.17) is 0 Å². The number of nitrogens with one attached hydrogen (secondary N) is 3. The van der Waals surface area contributed by atoms with Crippen LogP contribution in [-0.4, -0.2) is 17.7 Å². The average molecular weight is 416 g/mol. The molecule has 0 atom stereocenters. The van der Waals surface area contributed by atoms with Gasteiger partial charge in [-0.25, -0.2) is 0 Å². The lowest BCUT2D eigenvalue weighted by molar-refractivity contribution is -0.115. The summed E-state index contributed by atoms with van der Waals surface area (Å²) in [6, 6.07) is 22.5. The van der Waals surface area contributed by atoms with Crippen molar-refractivity contribution in [1.82, 2.24) is 0 Å². The van der Waals surface area contributed by atoms with Gasteiger partial charge >= 0.3 is 0 Å². The Morgan fingerprint density at radius 3 is 0.903 bits per heavy atom. The van der Waals surface area contributed by atoms with Crippen LogP contribution in [0.5, 0.6) is 0 Å². The SMILES string of the molecule is CC(=O)Nc1ccc(N(c2ccc(NC(C)=O)cc2)c2ccc(NC(C)=O)cc2)cc1. The summed E-state index contributed by atoms with van der Waals surface area (Å²) in [7, 11) is 0. The molecule has 3 rings (SSSR count). The molecule has 0 saturated heterocycles. The molecule has 158 valence electrons. The summed E-state index contributed by atoms with van der Waals surface area (Å²) in [6.07, 6.45) is 0. The van der Waals surface area contributed by atoms with Crippen LogP contribution in [-0.2, 0) is 14.4 Å². The Morgan fingerprint density at radius 1 is 0.484 bits per heavy atom. The molecule has 0 spiro atoms. The number of amides is 3. The summed E-state index contributed by atoms with van der Waals surface area (Å²) in [5, 5.41) is 8.29. The van der Waals surface area contributed by atoms with E-state index in [0.717, 1.165) is 17.1 Å². The molecule has 0 aliphatic heterocycles. The van der Waals surface area contributed by atoms with E-state index in [1.165, 1.54) is 20.8 Å². The Balaban J connectivity index is 1.98. The third-order valence-corrected chi connectivity index (χ3v) is 4.34. The standard InChI is InChI=1S/C24H24N4O3/c1-16(29)25-19-4-10-22(11-5-19)28(23-12-6-20(7-13-23)26-17(2)30)24-14-8-21(9-15-24)27-18(3)31/h4-15H,1-3H3,(H,25,29)(H,26,30)(H,27,31). The Kier molecular flexibility index (Phi) is 6.67. The first-order valence-electron chi connectivity index (χ1n) is 9.75. The second-order valence-electron chi connectivity index (χ2n) is 7.02. The van der Waals surface area contributed by atoms with Crippen LogP contribution in [0.25, 0.3) is 0 Å². The highest BCUT2D eigenvalue weighted by Gasteiger charge is 2.13. The van der Waals surface area contributed by atoms with Crippen LogP contribution < -0.4 is 20.9 Å². The van der Waals surface area contributed by atoms with Crippen LogP contribution in [0.3, 0.4) is 0 Å². The minimum atomic E-state index is -0.133. The molecular weight excluding hydrogens is 392 g/mol. The summed E-state index contributed by atoms with van der Waals surface area (Å²) in [4.78, 5) is 36.0. The molecule has 0 aliphatic rings. The number of hydrogen-bond donors (Lipinski definition) is 3. The molecule has 3 amide bonds. The van der Waals surface area contributed by atoms with Gasteiger partial charge in [-0.15, -0.1) is 0 Å². The fourth-order valence-electron chi connectivity index (χ4n) is 3.14. The van der Waals surface area contributed by atoms with Gasteiger partial charge in [0.05, 0.1) is 0 Å². The van der Waals surface area contributed by atoms with Gasteiger partial charge in [0.25, 0.3) is 0 Å². The van der Waals surface area contributed by atoms with Crippen molar-refractivity contribution in [3.63, 3.8) is 0 Å². The lowest BCUT2D eigenvalue weighted by Crippen LogP contribution is -2.12. The van der Waals surface area contributed by atoms with E-state index < -0.39 is 0 Å². The molecule has 7 nitrogen and oxygen atoms in total. The number of anilines is 6. The molecular formula is C24H24N4O3. The third kappa shape index (κ3) is 5.93. The van der Waals surface area contributed by atoms with E-state index in [2.05, 4.69) is 16.0 Å². The normalized spacial score (nSPS) is 10.2. The monoisotopic (exact) mass is 416 g/mol. The van der Waals surface area contributed by atoms with Crippen molar-refractivity contribution < 1.29 is 14.4 Å². The maximum absolute atomic E-state index is 11.3. The molecule has 3 aromatic carbocycles. The molecule has 0 saturated carbocycles. The van der Waals surface area contributed by atoms with Crippen molar-refractivity contribution in [3.8, 4) is 0 Å². The Bertz CT molecular complexity index is 934. The van der Waals surface area contributed by atoms with Gasteiger partial charge in [0, 0.05) is 54.9 Å². The minimum Gasteiger partial charge on any atom is -0.326 e. The molecule has 0 unspecified atom stereocenters. The van der Waals surface area contributed by atoms with Gasteiger partial charge in [0.15, 0.2) is 0 Å². The van der Waals surface area contributed by atoms with Crippen molar-refractivity contribution in [2.24, 2.45) is 0 Å². The lowest BCUT2D eigenvalue weighted by Gasteiger charge is -2.26. The van der Waals surface area contributed by atoms with Crippen molar-refractivity contribution in [2.75, 3.05) is 20.9 Å². The molecule has 0 fully saturated rings. The zero-order valence-corrected chi connectivity index (χ0v) is 17.6. The molecule has 3 aromatic rings. The number of hydrogen-bond acceptors (Lipinski definition) is 4. The number of carbonyl (C=O) groups excluding carboxylic acids is 3. The molecule has 0 heterocycles. The van der Waals surface area contributed by atoms with Crippen LogP contribution in [0.15, 0.2) is 72.8 Å². The van der Waals surface area contributed by atoms with Gasteiger partial charge < -0.3 is 20.9 Å². The highest BCUT2D eigenvalue weighted by atomic mass is 16.2. The quantitative estimate of drug-likeness (QED) is 0.526. The predicted molar refractivity (Wildman–Crippen MR) is 124 cm³/mol. The molecule has 7 heteroatoms. The second kappa shape index (κ2) is 9.58. The van der Waals surface area contributed by atoms with E-state index in [0.29, 0.717) is 17.1 Å². The number of rotatable bonds is 6. The van der Waals surface area contributed by atoms with E-state index in [9.17, 15) is 14.4 Å². The van der Waals surface area contributed by atoms with E-state index in [1.807, 2.05) is 77.7 Å². The molecule has 0 aromatic heterocycles. The van der Waals surface area contributed by atoms with Gasteiger partial charge in [-0.05, 0) is 72.8 Å². The van der Waals surface area contributed by atoms with Gasteiger partial charge in [0.1, 0.15) is 0 Å². The number of carbonyl (C=O) groups is 3. The van der Waals surface area contributed by atoms with Gasteiger partial charge in [-0.3, -0.25) is 14.4 Å². The highest BCUT2D eigenvalue weighted by Crippen LogP contribution is 2.36. The van der Waals surface area contributed by atoms with Gasteiger partial charge in [-0.1, -0.05) is 0 Å². The molecule has 0 bridgehead atoms. The first-order valence-corrected chi connectivity index (χ1v) is 9.75. The maximum Gasteiger partial charge on any atom is 0.221 e. The Hall–Kier alpha value is -4.13. The maximum atomic E-state index is 11.3. The van der Waals surface area contributed by atoms with Crippen LogP contribution in [0.2, 0.25) is 0 Å². The van der Waals surface area contributed by atoms with E-state index >= 15 is 0 Å². The third-order valence-electron chi connectivity index (χ3n) is 4.34. The van der Waals surface area contributed by atoms with Crippen molar-refractivity contribution >= 4 is 51.8 Å². The topological polar surface area (TPSA) is 90.5 Å². The fourth-order valence-corrected chi connectivity index (χ4v) is 3.14. The fraction of sp³-hybridized carbons (Fsp3) is 0.125. The number of nitrogens with zero attached hydrogens (tertiary/aromatic N) is 1. The van der Waals surface area contributed by atoms with E-state index in [-0.39, 0.29) is 17.7 Å². The van der Waals surface area contributed by atoms with E-state index in [1.54, 1.807) is 0 Å². The summed E-state index contributed by atoms with van der Waals surface area (Å²) in [5.41, 5.74) is 4.77. The highest BCUT2D eigenvalue weighted by molar-refractivity contribution is 5.91. The smallest absolute Gasteiger partial charge is 0.221 e. The summed E-state index contributed by atoms with van der Waals surface area (Å²) >= 11 is 0. The van der Waals surface area contributed by atoms with Gasteiger partial charge in [-0.2, -0.15) is 0 Å². The summed E-state index contributed by atoms with van der Waals surface area (Å²) in [5.74, 6) is -0.398. The Labute approximate surface area is 181 Å². The van der Waals surface area contributed by atoms with Crippen LogP contribution in [0.1, 0.15) is 20.8 Å². The first-order chi connectivity index (χ1) is 14.8. The summed E-state index contributed by atoms with van der Waals surface area (Å²) in [6.45, 7) is 4.40. The van der Waals surface area contributed by atoms with Crippen LogP contribution >= 0.6 is 0 Å². The Morgan fingerprint density at radius 2 is 0.710 bits per heavy atom. The zero-order chi connectivity index (χ0) is 22.4. The van der Waals surface area contributed by atoms with Crippen molar-refractivity contribution in [1.29, 1.82) is 0 Å². The van der Waals surface area contributed by atoms with Crippen molar-refractivity contribution in [2.45, 2.75) is 20.8 Å². The predicted octanol–water partition coefficient (Wildman–Crippen LogP) is 5.03.